The summed E-state index contributed by atoms with van der Waals surface area (Å²) in [6.07, 6.45) is 1.39. The van der Waals surface area contributed by atoms with Crippen molar-refractivity contribution < 1.29 is 23.1 Å². The van der Waals surface area contributed by atoms with Crippen LogP contribution in [0.4, 0.5) is 14.5 Å². The van der Waals surface area contributed by atoms with Gasteiger partial charge in [0.15, 0.2) is 18.2 Å². The maximum Gasteiger partial charge on any atom is 0.355 e. The molecule has 0 fully saturated rings. The van der Waals surface area contributed by atoms with Gasteiger partial charge in [0.05, 0.1) is 5.02 Å². The molecule has 0 aliphatic rings. The van der Waals surface area contributed by atoms with E-state index in [0.717, 1.165) is 12.1 Å². The highest BCUT2D eigenvalue weighted by atomic mass is 35.5. The molecule has 0 bridgehead atoms. The lowest BCUT2D eigenvalue weighted by molar-refractivity contribution is -0.119. The first-order chi connectivity index (χ1) is 9.95. The third-order valence-corrected chi connectivity index (χ3v) is 2.62. The number of H-pyrrole nitrogens is 1. The summed E-state index contributed by atoms with van der Waals surface area (Å²) < 4.78 is 30.4. The molecule has 0 radical (unpaired) electrons. The van der Waals surface area contributed by atoms with Crippen molar-refractivity contribution in [2.24, 2.45) is 0 Å². The number of amides is 1. The van der Waals surface area contributed by atoms with Crippen LogP contribution in [0.2, 0.25) is 5.02 Å². The average molecular weight is 315 g/mol. The molecule has 1 aromatic carbocycles. The van der Waals surface area contributed by atoms with Gasteiger partial charge < -0.3 is 15.0 Å². The second-order valence-electron chi connectivity index (χ2n) is 3.98. The van der Waals surface area contributed by atoms with E-state index in [0.29, 0.717) is 5.02 Å². The molecule has 0 aliphatic heterocycles. The summed E-state index contributed by atoms with van der Waals surface area (Å²) in [4.78, 5) is 25.6. The topological polar surface area (TPSA) is 71.2 Å². The molecule has 2 rings (SSSR count). The molecule has 0 aliphatic carbocycles. The minimum Gasteiger partial charge on any atom is -0.451 e. The summed E-state index contributed by atoms with van der Waals surface area (Å²) in [7, 11) is 0. The van der Waals surface area contributed by atoms with Crippen molar-refractivity contribution >= 4 is 29.2 Å². The van der Waals surface area contributed by atoms with Gasteiger partial charge >= 0.3 is 5.97 Å². The predicted molar refractivity (Wildman–Crippen MR) is 71.1 cm³/mol. The molecule has 0 atom stereocenters. The van der Waals surface area contributed by atoms with Crippen LogP contribution < -0.4 is 5.32 Å². The van der Waals surface area contributed by atoms with Crippen molar-refractivity contribution in [1.82, 2.24) is 4.98 Å². The van der Waals surface area contributed by atoms with E-state index in [1.807, 2.05) is 0 Å². The fourth-order valence-electron chi connectivity index (χ4n) is 1.47. The molecule has 0 saturated heterocycles. The average Bonchev–Trinajstić information content (AvgIpc) is 2.87. The number of aromatic nitrogens is 1. The predicted octanol–water partition coefficient (Wildman–Crippen LogP) is 2.74. The number of hydrogen-bond donors (Lipinski definition) is 2. The Morgan fingerprint density at radius 2 is 2.00 bits per heavy atom. The smallest absolute Gasteiger partial charge is 0.355 e. The van der Waals surface area contributed by atoms with Crippen LogP contribution in [0.25, 0.3) is 0 Å². The molecule has 1 heterocycles. The Bertz CT molecular complexity index is 688. The van der Waals surface area contributed by atoms with Gasteiger partial charge in [-0.15, -0.1) is 0 Å². The molecule has 8 heteroatoms. The molecule has 0 unspecified atom stereocenters. The molecule has 0 saturated carbocycles. The normalized spacial score (nSPS) is 10.2. The molecular formula is C13H9ClF2N2O3. The third-order valence-electron chi connectivity index (χ3n) is 2.41. The number of esters is 1. The van der Waals surface area contributed by atoms with E-state index in [9.17, 15) is 18.4 Å². The molecule has 21 heavy (non-hydrogen) atoms. The van der Waals surface area contributed by atoms with Gasteiger partial charge in [-0.05, 0) is 18.2 Å². The van der Waals surface area contributed by atoms with E-state index in [-0.39, 0.29) is 11.4 Å². The van der Waals surface area contributed by atoms with Crippen LogP contribution in [-0.2, 0) is 9.53 Å². The first kappa shape index (κ1) is 15.0. The van der Waals surface area contributed by atoms with Crippen molar-refractivity contribution in [2.75, 3.05) is 11.9 Å². The Kier molecular flexibility index (Phi) is 4.54. The molecule has 2 N–H and O–H groups in total. The zero-order valence-corrected chi connectivity index (χ0v) is 11.2. The fraction of sp³-hybridized carbons (Fsp3) is 0.0769. The number of ether oxygens (including phenoxy) is 1. The van der Waals surface area contributed by atoms with E-state index in [1.165, 1.54) is 18.3 Å². The molecule has 1 amide bonds. The summed E-state index contributed by atoms with van der Waals surface area (Å²) >= 11 is 5.62. The second kappa shape index (κ2) is 6.36. The Morgan fingerprint density at radius 3 is 2.62 bits per heavy atom. The van der Waals surface area contributed by atoms with Crippen molar-refractivity contribution in [3.05, 3.63) is 52.8 Å². The molecule has 2 aromatic rings. The number of benzene rings is 1. The summed E-state index contributed by atoms with van der Waals surface area (Å²) in [5.41, 5.74) is 0.151. The fourth-order valence-corrected chi connectivity index (χ4v) is 1.63. The van der Waals surface area contributed by atoms with Gasteiger partial charge in [-0.2, -0.15) is 0 Å². The number of nitrogens with one attached hydrogen (secondary N) is 2. The van der Waals surface area contributed by atoms with Gasteiger partial charge in [0.25, 0.3) is 5.91 Å². The van der Waals surface area contributed by atoms with Gasteiger partial charge in [-0.25, -0.2) is 13.6 Å². The van der Waals surface area contributed by atoms with E-state index >= 15 is 0 Å². The molecule has 5 nitrogen and oxygen atoms in total. The second-order valence-corrected chi connectivity index (χ2v) is 4.42. The van der Waals surface area contributed by atoms with Crippen molar-refractivity contribution in [1.29, 1.82) is 0 Å². The van der Waals surface area contributed by atoms with Crippen LogP contribution in [0.1, 0.15) is 10.5 Å². The van der Waals surface area contributed by atoms with E-state index in [1.54, 1.807) is 0 Å². The van der Waals surface area contributed by atoms with Gasteiger partial charge in [0, 0.05) is 18.0 Å². The number of rotatable bonds is 4. The number of anilines is 1. The maximum absolute atomic E-state index is 12.9. The summed E-state index contributed by atoms with van der Waals surface area (Å²) in [6, 6.07) is 4.22. The molecule has 110 valence electrons. The van der Waals surface area contributed by atoms with Crippen molar-refractivity contribution in [3.63, 3.8) is 0 Å². The van der Waals surface area contributed by atoms with E-state index < -0.39 is 30.1 Å². The Hall–Kier alpha value is -2.41. The number of hydrogen-bond acceptors (Lipinski definition) is 3. The van der Waals surface area contributed by atoms with E-state index in [4.69, 9.17) is 16.3 Å². The zero-order chi connectivity index (χ0) is 15.4. The van der Waals surface area contributed by atoms with Crippen LogP contribution in [0.3, 0.4) is 0 Å². The monoisotopic (exact) mass is 314 g/mol. The van der Waals surface area contributed by atoms with Crippen LogP contribution in [0.5, 0.6) is 0 Å². The maximum atomic E-state index is 12.9. The highest BCUT2D eigenvalue weighted by molar-refractivity contribution is 6.30. The highest BCUT2D eigenvalue weighted by Crippen LogP contribution is 2.13. The molecule has 1 aromatic heterocycles. The Labute approximate surface area is 122 Å². The largest absolute Gasteiger partial charge is 0.451 e. The minimum absolute atomic E-state index is 0.0536. The zero-order valence-electron chi connectivity index (χ0n) is 10.5. The van der Waals surface area contributed by atoms with E-state index in [2.05, 4.69) is 10.3 Å². The van der Waals surface area contributed by atoms with Crippen molar-refractivity contribution in [2.45, 2.75) is 0 Å². The summed E-state index contributed by atoms with van der Waals surface area (Å²) in [5, 5.41) is 2.59. The Morgan fingerprint density at radius 1 is 1.24 bits per heavy atom. The number of carbonyl (C=O) groups excluding carboxylic acids is 2. The van der Waals surface area contributed by atoms with Gasteiger partial charge in [-0.3, -0.25) is 4.79 Å². The van der Waals surface area contributed by atoms with Gasteiger partial charge in [0.1, 0.15) is 5.69 Å². The Balaban J connectivity index is 1.87. The molecule has 0 spiro atoms. The number of halogens is 3. The van der Waals surface area contributed by atoms with Gasteiger partial charge in [0.2, 0.25) is 0 Å². The summed E-state index contributed by atoms with van der Waals surface area (Å²) in [6.45, 7) is -0.575. The van der Waals surface area contributed by atoms with Crippen LogP contribution >= 0.6 is 11.6 Å². The lowest BCUT2D eigenvalue weighted by Crippen LogP contribution is -2.21. The first-order valence-electron chi connectivity index (χ1n) is 5.71. The minimum atomic E-state index is -1.09. The number of aromatic amines is 1. The standard InChI is InChI=1S/C13H9ClF2N2O3/c14-7-3-11(17-5-7)13(20)21-6-12(19)18-8-1-2-9(15)10(16)4-8/h1-5,17H,6H2,(H,18,19). The van der Waals surface area contributed by atoms with Crippen LogP contribution in [-0.4, -0.2) is 23.5 Å². The van der Waals surface area contributed by atoms with Crippen LogP contribution in [0, 0.1) is 11.6 Å². The third kappa shape index (κ3) is 4.03. The lowest BCUT2D eigenvalue weighted by atomic mass is 10.3. The summed E-state index contributed by atoms with van der Waals surface area (Å²) in [5.74, 6) is -3.57. The highest BCUT2D eigenvalue weighted by Gasteiger charge is 2.12. The molecular weight excluding hydrogens is 306 g/mol. The van der Waals surface area contributed by atoms with Crippen molar-refractivity contribution in [3.8, 4) is 0 Å². The lowest BCUT2D eigenvalue weighted by Gasteiger charge is -2.06. The van der Waals surface area contributed by atoms with Crippen LogP contribution in [0.15, 0.2) is 30.5 Å². The quantitative estimate of drug-likeness (QED) is 0.852. The first-order valence-corrected chi connectivity index (χ1v) is 6.09. The number of carbonyl (C=O) groups is 2. The SMILES string of the molecule is O=C(COC(=O)c1cc(Cl)c[nH]1)Nc1ccc(F)c(F)c1. The van der Waals surface area contributed by atoms with Gasteiger partial charge in [-0.1, -0.05) is 11.6 Å².